The molecule has 4 rings (SSSR count). The molecule has 8 nitrogen and oxygen atoms in total. The number of nitrogens with one attached hydrogen (secondary N) is 1. The van der Waals surface area contributed by atoms with Crippen molar-refractivity contribution in [2.45, 2.75) is 13.8 Å². The van der Waals surface area contributed by atoms with Crippen molar-refractivity contribution in [3.05, 3.63) is 91.6 Å². The van der Waals surface area contributed by atoms with E-state index in [2.05, 4.69) is 26.5 Å². The summed E-state index contributed by atoms with van der Waals surface area (Å²) in [6.07, 6.45) is 1.46. The first-order chi connectivity index (χ1) is 15.2. The van der Waals surface area contributed by atoms with E-state index in [1.807, 2.05) is 19.9 Å². The van der Waals surface area contributed by atoms with Crippen LogP contribution in [-0.4, -0.2) is 21.6 Å². The minimum Gasteiger partial charge on any atom is -0.451 e. The average molecular weight is 499 g/mol. The van der Waals surface area contributed by atoms with Crippen LogP contribution in [0.15, 0.2) is 62.5 Å². The SMILES string of the molecule is Cc1cc(/C=N\NC(=O)c2cc3cc([N+](=O)[O-])ccc3o2)c(C)n1-c1ccc(Br)cc1F. The van der Waals surface area contributed by atoms with E-state index in [0.717, 1.165) is 11.4 Å². The van der Waals surface area contributed by atoms with Crippen LogP contribution in [0.5, 0.6) is 0 Å². The lowest BCUT2D eigenvalue weighted by molar-refractivity contribution is -0.384. The number of non-ortho nitro benzene ring substituents is 1. The summed E-state index contributed by atoms with van der Waals surface area (Å²) in [6.45, 7) is 3.67. The van der Waals surface area contributed by atoms with Gasteiger partial charge in [-0.25, -0.2) is 9.82 Å². The van der Waals surface area contributed by atoms with E-state index in [9.17, 15) is 19.3 Å². The summed E-state index contributed by atoms with van der Waals surface area (Å²) < 4.78 is 22.3. The number of carbonyl (C=O) groups excluding carboxylic acids is 1. The van der Waals surface area contributed by atoms with Crippen molar-refractivity contribution in [2.24, 2.45) is 5.10 Å². The van der Waals surface area contributed by atoms with Crippen LogP contribution in [0.2, 0.25) is 0 Å². The molecule has 2 heterocycles. The van der Waals surface area contributed by atoms with E-state index in [1.54, 1.807) is 16.7 Å². The highest BCUT2D eigenvalue weighted by molar-refractivity contribution is 9.10. The van der Waals surface area contributed by atoms with E-state index in [4.69, 9.17) is 4.42 Å². The fraction of sp³-hybridized carbons (Fsp3) is 0.0909. The average Bonchev–Trinajstić information content (AvgIpc) is 3.29. The first-order valence-electron chi connectivity index (χ1n) is 9.40. The second kappa shape index (κ2) is 8.39. The van der Waals surface area contributed by atoms with Crippen molar-refractivity contribution < 1.29 is 18.5 Å². The molecule has 2 aromatic heterocycles. The zero-order chi connectivity index (χ0) is 23.0. The lowest BCUT2D eigenvalue weighted by Crippen LogP contribution is -2.16. The second-order valence-electron chi connectivity index (χ2n) is 7.05. The Kier molecular flexibility index (Phi) is 5.62. The van der Waals surface area contributed by atoms with Gasteiger partial charge >= 0.3 is 5.91 Å². The van der Waals surface area contributed by atoms with Gasteiger partial charge in [-0.05, 0) is 50.2 Å². The largest absolute Gasteiger partial charge is 0.451 e. The van der Waals surface area contributed by atoms with Gasteiger partial charge in [0.25, 0.3) is 5.69 Å². The standard InChI is InChI=1S/C22H16BrFN4O4/c1-12-7-15(13(2)27(12)19-5-3-16(23)10-18(19)24)11-25-26-22(29)21-9-14-8-17(28(30)31)4-6-20(14)32-21/h3-11H,1-2H3,(H,26,29)/b25-11-. The third kappa shape index (κ3) is 4.04. The molecule has 0 bridgehead atoms. The third-order valence-electron chi connectivity index (χ3n) is 4.93. The lowest BCUT2D eigenvalue weighted by atomic mass is 10.2. The highest BCUT2D eigenvalue weighted by Gasteiger charge is 2.16. The molecule has 0 aliphatic rings. The van der Waals surface area contributed by atoms with Gasteiger partial charge in [0, 0.05) is 38.9 Å². The van der Waals surface area contributed by atoms with Gasteiger partial charge in [-0.15, -0.1) is 0 Å². The smallest absolute Gasteiger partial charge is 0.307 e. The molecule has 32 heavy (non-hydrogen) atoms. The Labute approximate surface area is 189 Å². The van der Waals surface area contributed by atoms with Crippen molar-refractivity contribution in [3.8, 4) is 5.69 Å². The van der Waals surface area contributed by atoms with Gasteiger partial charge < -0.3 is 8.98 Å². The summed E-state index contributed by atoms with van der Waals surface area (Å²) >= 11 is 3.25. The number of halogens is 2. The number of aromatic nitrogens is 1. The molecule has 0 aliphatic carbocycles. The summed E-state index contributed by atoms with van der Waals surface area (Å²) in [4.78, 5) is 22.7. The number of nitro groups is 1. The Hall–Kier alpha value is -3.79. The number of hydrogen-bond acceptors (Lipinski definition) is 5. The number of hydrogen-bond donors (Lipinski definition) is 1. The molecule has 0 saturated carbocycles. The quantitative estimate of drug-likeness (QED) is 0.225. The van der Waals surface area contributed by atoms with E-state index in [0.29, 0.717) is 26.7 Å². The van der Waals surface area contributed by atoms with Crippen LogP contribution in [0.1, 0.15) is 27.5 Å². The number of rotatable bonds is 5. The first-order valence-corrected chi connectivity index (χ1v) is 10.2. The highest BCUT2D eigenvalue weighted by atomic mass is 79.9. The van der Waals surface area contributed by atoms with Crippen molar-refractivity contribution in [1.82, 2.24) is 9.99 Å². The molecule has 1 amide bonds. The minimum atomic E-state index is -0.604. The molecule has 0 unspecified atom stereocenters. The third-order valence-corrected chi connectivity index (χ3v) is 5.42. The van der Waals surface area contributed by atoms with Gasteiger partial charge in [0.15, 0.2) is 5.76 Å². The molecule has 0 spiro atoms. The van der Waals surface area contributed by atoms with Crippen LogP contribution >= 0.6 is 15.9 Å². The molecule has 0 saturated heterocycles. The van der Waals surface area contributed by atoms with Crippen molar-refractivity contribution >= 4 is 44.7 Å². The fourth-order valence-corrected chi connectivity index (χ4v) is 3.76. The van der Waals surface area contributed by atoms with E-state index < -0.39 is 10.8 Å². The Morgan fingerprint density at radius 1 is 1.22 bits per heavy atom. The first kappa shape index (κ1) is 21.4. The fourth-order valence-electron chi connectivity index (χ4n) is 3.42. The van der Waals surface area contributed by atoms with Crippen LogP contribution in [0.3, 0.4) is 0 Å². The molecular weight excluding hydrogens is 483 g/mol. The maximum absolute atomic E-state index is 14.4. The Balaban J connectivity index is 1.54. The van der Waals surface area contributed by atoms with Gasteiger partial charge in [-0.1, -0.05) is 15.9 Å². The van der Waals surface area contributed by atoms with Crippen molar-refractivity contribution in [2.75, 3.05) is 0 Å². The molecule has 0 fully saturated rings. The van der Waals surface area contributed by atoms with Gasteiger partial charge in [-0.3, -0.25) is 14.9 Å². The topological polar surface area (TPSA) is 103 Å². The van der Waals surface area contributed by atoms with E-state index >= 15 is 0 Å². The number of aryl methyl sites for hydroxylation is 1. The highest BCUT2D eigenvalue weighted by Crippen LogP contribution is 2.25. The number of hydrazone groups is 1. The zero-order valence-corrected chi connectivity index (χ0v) is 18.5. The van der Waals surface area contributed by atoms with E-state index in [-0.39, 0.29) is 17.3 Å². The van der Waals surface area contributed by atoms with Crippen molar-refractivity contribution in [1.29, 1.82) is 0 Å². The maximum atomic E-state index is 14.4. The molecule has 2 aromatic carbocycles. The maximum Gasteiger partial charge on any atom is 0.307 e. The Bertz CT molecular complexity index is 1410. The molecule has 0 radical (unpaired) electrons. The molecule has 4 aromatic rings. The van der Waals surface area contributed by atoms with Crippen LogP contribution in [-0.2, 0) is 0 Å². The second-order valence-corrected chi connectivity index (χ2v) is 7.96. The van der Waals surface area contributed by atoms with Crippen LogP contribution in [0.4, 0.5) is 10.1 Å². The number of benzene rings is 2. The lowest BCUT2D eigenvalue weighted by Gasteiger charge is -2.11. The molecule has 10 heteroatoms. The summed E-state index contributed by atoms with van der Waals surface area (Å²) in [5, 5.41) is 15.3. The summed E-state index contributed by atoms with van der Waals surface area (Å²) in [6, 6.07) is 12.1. The minimum absolute atomic E-state index is 0.0277. The van der Waals surface area contributed by atoms with Gasteiger partial charge in [0.1, 0.15) is 11.4 Å². The normalized spacial score (nSPS) is 11.4. The number of nitro benzene ring substituents is 1. The van der Waals surface area contributed by atoms with Gasteiger partial charge in [0.2, 0.25) is 0 Å². The summed E-state index contributed by atoms with van der Waals surface area (Å²) in [7, 11) is 0. The molecular formula is C22H16BrFN4O4. The van der Waals surface area contributed by atoms with Crippen LogP contribution in [0, 0.1) is 29.8 Å². The summed E-state index contributed by atoms with van der Waals surface area (Å²) in [5.41, 5.74) is 5.28. The molecule has 162 valence electrons. The predicted molar refractivity (Wildman–Crippen MR) is 121 cm³/mol. The predicted octanol–water partition coefficient (Wildman–Crippen LogP) is 5.41. The number of furan rings is 1. The summed E-state index contributed by atoms with van der Waals surface area (Å²) in [5.74, 6) is -1.00. The molecule has 0 atom stereocenters. The number of nitrogens with zero attached hydrogens (tertiary/aromatic N) is 3. The van der Waals surface area contributed by atoms with Gasteiger partial charge in [0.05, 0.1) is 16.8 Å². The number of amides is 1. The number of fused-ring (bicyclic) bond motifs is 1. The monoisotopic (exact) mass is 498 g/mol. The molecule has 0 aliphatic heterocycles. The van der Waals surface area contributed by atoms with E-state index in [1.165, 1.54) is 36.5 Å². The Morgan fingerprint density at radius 2 is 2.00 bits per heavy atom. The van der Waals surface area contributed by atoms with Crippen LogP contribution < -0.4 is 5.43 Å². The van der Waals surface area contributed by atoms with Crippen molar-refractivity contribution in [3.63, 3.8) is 0 Å². The molecule has 1 N–H and O–H groups in total. The van der Waals surface area contributed by atoms with Gasteiger partial charge in [-0.2, -0.15) is 5.10 Å². The Morgan fingerprint density at radius 3 is 2.72 bits per heavy atom. The number of carbonyl (C=O) groups is 1. The van der Waals surface area contributed by atoms with Crippen LogP contribution in [0.25, 0.3) is 16.7 Å². The zero-order valence-electron chi connectivity index (χ0n) is 16.9.